The summed E-state index contributed by atoms with van der Waals surface area (Å²) < 4.78 is 16.2. The van der Waals surface area contributed by atoms with Crippen LogP contribution in [-0.2, 0) is 4.74 Å². The number of hydrogen-bond donors (Lipinski definition) is 1. The molecule has 0 aliphatic rings. The topological polar surface area (TPSA) is 74.7 Å². The Hall–Kier alpha value is -1.79. The van der Waals surface area contributed by atoms with Crippen LogP contribution in [0, 0.1) is 0 Å². The van der Waals surface area contributed by atoms with Gasteiger partial charge in [-0.15, -0.1) is 0 Å². The van der Waals surface area contributed by atoms with Crippen LogP contribution in [0.4, 0.5) is 0 Å². The first-order valence-corrected chi connectivity index (χ1v) is 6.63. The summed E-state index contributed by atoms with van der Waals surface area (Å²) in [4.78, 5) is 11.4. The predicted molar refractivity (Wildman–Crippen MR) is 76.8 cm³/mol. The Morgan fingerprint density at radius 1 is 1.30 bits per heavy atom. The molecule has 1 atom stereocenters. The van der Waals surface area contributed by atoms with Crippen LogP contribution in [0.5, 0.6) is 5.75 Å². The van der Waals surface area contributed by atoms with Gasteiger partial charge in [0, 0.05) is 10.0 Å². The molecule has 0 amide bonds. The Bertz CT molecular complexity index is 623. The zero-order chi connectivity index (χ0) is 14.7. The lowest BCUT2D eigenvalue weighted by atomic mass is 10.0. The van der Waals surface area contributed by atoms with Gasteiger partial charge in [-0.3, -0.25) is 0 Å². The van der Waals surface area contributed by atoms with E-state index in [4.69, 9.17) is 14.9 Å². The van der Waals surface area contributed by atoms with Crippen LogP contribution in [0.15, 0.2) is 39.2 Å². The summed E-state index contributed by atoms with van der Waals surface area (Å²) in [6.07, 6.45) is 0. The number of benzene rings is 1. The lowest BCUT2D eigenvalue weighted by molar-refractivity contribution is 0.0562. The second kappa shape index (κ2) is 6.11. The van der Waals surface area contributed by atoms with Crippen molar-refractivity contribution in [1.82, 2.24) is 0 Å². The van der Waals surface area contributed by atoms with Gasteiger partial charge in [-0.2, -0.15) is 0 Å². The smallest absolute Gasteiger partial charge is 0.373 e. The molecule has 20 heavy (non-hydrogen) atoms. The molecule has 6 heteroatoms. The fraction of sp³-hybridized carbons (Fsp3) is 0.214. The standard InChI is InChI=1S/C14H14BrNO4/c1-18-12-7-8(15)3-4-9(12)13(16)10-5-6-11(20-10)14(17)19-2/h3-7,13H,16H2,1-2H3. The molecule has 0 radical (unpaired) electrons. The van der Waals surface area contributed by atoms with Gasteiger partial charge in [-0.05, 0) is 24.3 Å². The van der Waals surface area contributed by atoms with Crippen LogP contribution in [-0.4, -0.2) is 20.2 Å². The van der Waals surface area contributed by atoms with Crippen LogP contribution in [0.1, 0.15) is 27.9 Å². The van der Waals surface area contributed by atoms with Crippen molar-refractivity contribution >= 4 is 21.9 Å². The number of nitrogens with two attached hydrogens (primary N) is 1. The van der Waals surface area contributed by atoms with Gasteiger partial charge in [-0.1, -0.05) is 22.0 Å². The molecule has 0 aliphatic carbocycles. The first kappa shape index (κ1) is 14.6. The van der Waals surface area contributed by atoms with Gasteiger partial charge >= 0.3 is 5.97 Å². The van der Waals surface area contributed by atoms with Crippen molar-refractivity contribution in [1.29, 1.82) is 0 Å². The van der Waals surface area contributed by atoms with E-state index in [2.05, 4.69) is 20.7 Å². The largest absolute Gasteiger partial charge is 0.496 e. The second-order valence-electron chi connectivity index (χ2n) is 4.06. The quantitative estimate of drug-likeness (QED) is 0.867. The number of esters is 1. The highest BCUT2D eigenvalue weighted by Crippen LogP contribution is 2.31. The molecule has 2 rings (SSSR count). The highest BCUT2D eigenvalue weighted by molar-refractivity contribution is 9.10. The van der Waals surface area contributed by atoms with E-state index in [-0.39, 0.29) is 5.76 Å². The molecule has 106 valence electrons. The van der Waals surface area contributed by atoms with Crippen molar-refractivity contribution in [2.45, 2.75) is 6.04 Å². The van der Waals surface area contributed by atoms with Crippen molar-refractivity contribution < 1.29 is 18.7 Å². The molecule has 1 unspecified atom stereocenters. The molecule has 2 aromatic rings. The first-order valence-electron chi connectivity index (χ1n) is 5.84. The van der Waals surface area contributed by atoms with Crippen LogP contribution in [0.3, 0.4) is 0 Å². The van der Waals surface area contributed by atoms with Crippen LogP contribution >= 0.6 is 15.9 Å². The monoisotopic (exact) mass is 339 g/mol. The fourth-order valence-electron chi connectivity index (χ4n) is 1.83. The Morgan fingerprint density at radius 2 is 2.05 bits per heavy atom. The molecule has 0 saturated carbocycles. The summed E-state index contributed by atoms with van der Waals surface area (Å²) in [5.74, 6) is 0.689. The molecule has 0 spiro atoms. The SMILES string of the molecule is COC(=O)c1ccc(C(N)c2ccc(Br)cc2OC)o1. The molecule has 0 bridgehead atoms. The van der Waals surface area contributed by atoms with E-state index in [1.54, 1.807) is 13.2 Å². The van der Waals surface area contributed by atoms with E-state index >= 15 is 0 Å². The number of methoxy groups -OCH3 is 2. The molecular formula is C14H14BrNO4. The fourth-order valence-corrected chi connectivity index (χ4v) is 2.17. The van der Waals surface area contributed by atoms with E-state index in [1.165, 1.54) is 13.2 Å². The summed E-state index contributed by atoms with van der Waals surface area (Å²) in [5.41, 5.74) is 6.92. The van der Waals surface area contributed by atoms with Gasteiger partial charge in [0.05, 0.1) is 20.3 Å². The molecule has 1 heterocycles. The molecule has 5 nitrogen and oxygen atoms in total. The molecule has 0 fully saturated rings. The molecule has 1 aromatic heterocycles. The zero-order valence-corrected chi connectivity index (χ0v) is 12.6. The number of ether oxygens (including phenoxy) is 2. The minimum absolute atomic E-state index is 0.119. The van der Waals surface area contributed by atoms with Gasteiger partial charge in [0.25, 0.3) is 0 Å². The second-order valence-corrected chi connectivity index (χ2v) is 4.97. The third kappa shape index (κ3) is 2.86. The van der Waals surface area contributed by atoms with E-state index in [0.717, 1.165) is 10.0 Å². The summed E-state index contributed by atoms with van der Waals surface area (Å²) in [7, 11) is 2.86. The van der Waals surface area contributed by atoms with E-state index in [1.807, 2.05) is 18.2 Å². The predicted octanol–water partition coefficient (Wildman–Crippen LogP) is 2.89. The molecule has 0 aliphatic heterocycles. The van der Waals surface area contributed by atoms with Crippen LogP contribution in [0.2, 0.25) is 0 Å². The van der Waals surface area contributed by atoms with Crippen LogP contribution < -0.4 is 10.5 Å². The molecule has 2 N–H and O–H groups in total. The van der Waals surface area contributed by atoms with E-state index in [9.17, 15) is 4.79 Å². The Labute approximate surface area is 124 Å². The Balaban J connectivity index is 2.33. The number of furan rings is 1. The average molecular weight is 340 g/mol. The van der Waals surface area contributed by atoms with Crippen molar-refractivity contribution in [3.05, 3.63) is 51.9 Å². The normalized spacial score (nSPS) is 12.0. The molecule has 0 saturated heterocycles. The van der Waals surface area contributed by atoms with Gasteiger partial charge in [0.2, 0.25) is 5.76 Å². The van der Waals surface area contributed by atoms with Crippen molar-refractivity contribution in [2.75, 3.05) is 14.2 Å². The van der Waals surface area contributed by atoms with Gasteiger partial charge < -0.3 is 19.6 Å². The molecular weight excluding hydrogens is 326 g/mol. The van der Waals surface area contributed by atoms with E-state index in [0.29, 0.717) is 11.5 Å². The third-order valence-corrected chi connectivity index (χ3v) is 3.34. The van der Waals surface area contributed by atoms with Gasteiger partial charge in [0.1, 0.15) is 11.5 Å². The number of rotatable bonds is 4. The minimum atomic E-state index is -0.536. The maximum atomic E-state index is 11.4. The highest BCUT2D eigenvalue weighted by atomic mass is 79.9. The maximum absolute atomic E-state index is 11.4. The zero-order valence-electron chi connectivity index (χ0n) is 11.1. The lowest BCUT2D eigenvalue weighted by Gasteiger charge is -2.14. The first-order chi connectivity index (χ1) is 9.56. The van der Waals surface area contributed by atoms with Crippen molar-refractivity contribution in [3.63, 3.8) is 0 Å². The third-order valence-electron chi connectivity index (χ3n) is 2.85. The summed E-state index contributed by atoms with van der Waals surface area (Å²) in [6.45, 7) is 0. The van der Waals surface area contributed by atoms with Crippen LogP contribution in [0.25, 0.3) is 0 Å². The number of carbonyl (C=O) groups excluding carboxylic acids is 1. The van der Waals surface area contributed by atoms with Gasteiger partial charge in [-0.25, -0.2) is 4.79 Å². The van der Waals surface area contributed by atoms with Crippen molar-refractivity contribution in [3.8, 4) is 5.75 Å². The van der Waals surface area contributed by atoms with Crippen molar-refractivity contribution in [2.24, 2.45) is 5.73 Å². The minimum Gasteiger partial charge on any atom is -0.496 e. The summed E-state index contributed by atoms with van der Waals surface area (Å²) in [5, 5.41) is 0. The summed E-state index contributed by atoms with van der Waals surface area (Å²) >= 11 is 3.37. The van der Waals surface area contributed by atoms with E-state index < -0.39 is 12.0 Å². The van der Waals surface area contributed by atoms with Gasteiger partial charge in [0.15, 0.2) is 0 Å². The number of halogens is 1. The highest BCUT2D eigenvalue weighted by Gasteiger charge is 2.20. The average Bonchev–Trinajstić information content (AvgIpc) is 2.95. The lowest BCUT2D eigenvalue weighted by Crippen LogP contribution is -2.12. The Kier molecular flexibility index (Phi) is 4.46. The number of carbonyl (C=O) groups is 1. The summed E-state index contributed by atoms with van der Waals surface area (Å²) in [6, 6.07) is 8.18. The maximum Gasteiger partial charge on any atom is 0.373 e. The molecule has 1 aromatic carbocycles. The Morgan fingerprint density at radius 3 is 2.70 bits per heavy atom. The number of hydrogen-bond acceptors (Lipinski definition) is 5.